The van der Waals surface area contributed by atoms with E-state index < -0.39 is 11.3 Å². The van der Waals surface area contributed by atoms with E-state index in [4.69, 9.17) is 4.74 Å². The maximum atomic E-state index is 12.5. The minimum atomic E-state index is -0.502. The Morgan fingerprint density at radius 2 is 2.06 bits per heavy atom. The Morgan fingerprint density at radius 3 is 2.76 bits per heavy atom. The highest BCUT2D eigenvalue weighted by Gasteiger charge is 2.31. The van der Waals surface area contributed by atoms with E-state index in [9.17, 15) is 14.4 Å². The number of piperidine rings is 1. The maximum Gasteiger partial charge on any atom is 0.410 e. The van der Waals surface area contributed by atoms with Gasteiger partial charge in [0.1, 0.15) is 5.60 Å². The van der Waals surface area contributed by atoms with E-state index in [-0.39, 0.29) is 17.7 Å². The van der Waals surface area contributed by atoms with E-state index in [0.29, 0.717) is 23.7 Å². The number of nitrogens with one attached hydrogen (secondary N) is 1. The topological polar surface area (TPSA) is 102 Å². The molecule has 3 aromatic rings. The van der Waals surface area contributed by atoms with Crippen LogP contribution in [0, 0.1) is 12.8 Å². The van der Waals surface area contributed by atoms with Gasteiger partial charge in [0.05, 0.1) is 17.4 Å². The van der Waals surface area contributed by atoms with Crippen molar-refractivity contribution in [2.75, 3.05) is 6.54 Å². The molecular weight excluding hydrogens is 422 g/mol. The smallest absolute Gasteiger partial charge is 0.410 e. The van der Waals surface area contributed by atoms with Gasteiger partial charge in [-0.25, -0.2) is 14.1 Å². The molecule has 0 spiro atoms. The van der Waals surface area contributed by atoms with Crippen LogP contribution in [0.3, 0.4) is 0 Å². The molecule has 33 heavy (non-hydrogen) atoms. The summed E-state index contributed by atoms with van der Waals surface area (Å²) in [7, 11) is 0. The number of fused-ring (bicyclic) bond motifs is 1. The Balaban J connectivity index is 1.52. The first-order valence-electron chi connectivity index (χ1n) is 11.3. The molecule has 1 amide bonds. The molecule has 176 valence electrons. The molecule has 1 aliphatic heterocycles. The zero-order valence-corrected chi connectivity index (χ0v) is 19.8. The fraction of sp³-hybridized carbons (Fsp3) is 0.500. The van der Waals surface area contributed by atoms with Crippen molar-refractivity contribution in [3.63, 3.8) is 0 Å². The van der Waals surface area contributed by atoms with Crippen LogP contribution in [0.25, 0.3) is 11.2 Å². The number of aromatic amines is 1. The summed E-state index contributed by atoms with van der Waals surface area (Å²) in [5, 5.41) is 4.35. The maximum absolute atomic E-state index is 12.5. The van der Waals surface area contributed by atoms with Crippen LogP contribution >= 0.6 is 0 Å². The van der Waals surface area contributed by atoms with E-state index in [2.05, 4.69) is 17.0 Å². The Bertz CT molecular complexity index is 1300. The molecule has 9 nitrogen and oxygen atoms in total. The molecular formula is C24H31N5O4. The van der Waals surface area contributed by atoms with Crippen molar-refractivity contribution in [3.8, 4) is 5.69 Å². The van der Waals surface area contributed by atoms with Gasteiger partial charge in [0.15, 0.2) is 0 Å². The van der Waals surface area contributed by atoms with Gasteiger partial charge in [-0.15, -0.1) is 0 Å². The third-order valence-electron chi connectivity index (χ3n) is 6.08. The summed E-state index contributed by atoms with van der Waals surface area (Å²) in [5.41, 5.74) is 1.62. The summed E-state index contributed by atoms with van der Waals surface area (Å²) in [6.45, 7) is 10.0. The summed E-state index contributed by atoms with van der Waals surface area (Å²) < 4.78 is 8.69. The molecule has 0 saturated carbocycles. The molecule has 0 aromatic carbocycles. The lowest BCUT2D eigenvalue weighted by atomic mass is 9.87. The quantitative estimate of drug-likeness (QED) is 0.657. The van der Waals surface area contributed by atoms with Gasteiger partial charge in [-0.1, -0.05) is 0 Å². The summed E-state index contributed by atoms with van der Waals surface area (Å²) in [4.78, 5) is 40.8. The molecule has 2 atom stereocenters. The highest BCUT2D eigenvalue weighted by atomic mass is 16.6. The van der Waals surface area contributed by atoms with Gasteiger partial charge in [-0.2, -0.15) is 5.10 Å². The first-order chi connectivity index (χ1) is 15.5. The number of hydrogen-bond acceptors (Lipinski definition) is 5. The number of H-pyrrole nitrogens is 1. The Labute approximate surface area is 192 Å². The molecule has 0 bridgehead atoms. The van der Waals surface area contributed by atoms with E-state index in [1.807, 2.05) is 44.0 Å². The summed E-state index contributed by atoms with van der Waals surface area (Å²) in [5.74, 6) is 0.436. The largest absolute Gasteiger partial charge is 0.444 e. The average molecular weight is 454 g/mol. The van der Waals surface area contributed by atoms with E-state index in [1.54, 1.807) is 23.8 Å². The molecule has 1 N–H and O–H groups in total. The first kappa shape index (κ1) is 22.8. The number of amides is 1. The predicted octanol–water partition coefficient (Wildman–Crippen LogP) is 3.06. The van der Waals surface area contributed by atoms with Crippen molar-refractivity contribution in [2.24, 2.45) is 5.92 Å². The van der Waals surface area contributed by atoms with Crippen LogP contribution in [-0.2, 0) is 11.2 Å². The molecule has 4 heterocycles. The summed E-state index contributed by atoms with van der Waals surface area (Å²) in [6.07, 6.45) is 7.47. The third kappa shape index (κ3) is 4.86. The normalized spacial score (nSPS) is 19.1. The van der Waals surface area contributed by atoms with E-state index >= 15 is 0 Å². The molecule has 0 radical (unpaired) electrons. The van der Waals surface area contributed by atoms with Crippen LogP contribution in [0.4, 0.5) is 4.79 Å². The Hall–Kier alpha value is -3.36. The van der Waals surface area contributed by atoms with Gasteiger partial charge < -0.3 is 9.64 Å². The van der Waals surface area contributed by atoms with Crippen molar-refractivity contribution < 1.29 is 9.53 Å². The molecule has 9 heteroatoms. The molecule has 1 fully saturated rings. The van der Waals surface area contributed by atoms with Gasteiger partial charge in [0.2, 0.25) is 0 Å². The van der Waals surface area contributed by atoms with E-state index in [0.717, 1.165) is 30.3 Å². The standard InChI is InChI=1S/C24H31N5O4/c1-15-14-28(22(31)26-21(15)30)20-13-25-29-9-7-18(12-19(20)29)11-17-6-8-27(16(2)10-17)23(32)33-24(3,4)5/h7,9,12-14,16-17H,6,8,10-11H2,1-5H3,(H,26,30,31)/t16-,17+/m0/s1. The number of aromatic nitrogens is 4. The lowest BCUT2D eigenvalue weighted by Crippen LogP contribution is -2.47. The van der Waals surface area contributed by atoms with Gasteiger partial charge in [0.25, 0.3) is 5.56 Å². The number of ether oxygens (including phenoxy) is 1. The van der Waals surface area contributed by atoms with Gasteiger partial charge in [-0.3, -0.25) is 14.3 Å². The van der Waals surface area contributed by atoms with Crippen LogP contribution < -0.4 is 11.2 Å². The van der Waals surface area contributed by atoms with Crippen molar-refractivity contribution in [3.05, 3.63) is 62.7 Å². The van der Waals surface area contributed by atoms with Crippen molar-refractivity contribution >= 4 is 11.6 Å². The molecule has 1 saturated heterocycles. The van der Waals surface area contributed by atoms with Crippen LogP contribution in [0.5, 0.6) is 0 Å². The van der Waals surface area contributed by atoms with Gasteiger partial charge in [-0.05, 0) is 77.5 Å². The minimum Gasteiger partial charge on any atom is -0.444 e. The van der Waals surface area contributed by atoms with Gasteiger partial charge in [0, 0.05) is 30.5 Å². The van der Waals surface area contributed by atoms with Crippen molar-refractivity contribution in [1.82, 2.24) is 24.1 Å². The second-order valence-electron chi connectivity index (χ2n) is 9.95. The highest BCUT2D eigenvalue weighted by molar-refractivity contribution is 5.68. The highest BCUT2D eigenvalue weighted by Crippen LogP contribution is 2.28. The fourth-order valence-electron chi connectivity index (χ4n) is 4.45. The SMILES string of the molecule is Cc1cn(-c2cnn3ccc(C[C@@H]4CCN(C(=O)OC(C)(C)C)[C@@H](C)C4)cc23)c(=O)[nH]c1=O. The number of aryl methyl sites for hydroxylation is 1. The van der Waals surface area contributed by atoms with Crippen LogP contribution in [-0.4, -0.2) is 48.3 Å². The third-order valence-corrected chi connectivity index (χ3v) is 6.08. The van der Waals surface area contributed by atoms with Gasteiger partial charge >= 0.3 is 11.8 Å². The molecule has 3 aromatic heterocycles. The predicted molar refractivity (Wildman–Crippen MR) is 125 cm³/mol. The summed E-state index contributed by atoms with van der Waals surface area (Å²) >= 11 is 0. The number of nitrogens with zero attached hydrogens (tertiary/aromatic N) is 4. The fourth-order valence-corrected chi connectivity index (χ4v) is 4.45. The molecule has 0 unspecified atom stereocenters. The number of rotatable bonds is 3. The number of hydrogen-bond donors (Lipinski definition) is 1. The van der Waals surface area contributed by atoms with Crippen molar-refractivity contribution in [2.45, 2.75) is 65.5 Å². The zero-order valence-electron chi connectivity index (χ0n) is 19.8. The number of carbonyl (C=O) groups excluding carboxylic acids is 1. The van der Waals surface area contributed by atoms with Crippen LogP contribution in [0.1, 0.15) is 51.7 Å². The number of carbonyl (C=O) groups is 1. The van der Waals surface area contributed by atoms with Crippen molar-refractivity contribution in [1.29, 1.82) is 0 Å². The Kier molecular flexibility index (Phi) is 5.90. The van der Waals surface area contributed by atoms with Crippen LogP contribution in [0.15, 0.2) is 40.3 Å². The molecule has 4 rings (SSSR count). The second kappa shape index (κ2) is 8.53. The zero-order chi connectivity index (χ0) is 23.9. The second-order valence-corrected chi connectivity index (χ2v) is 9.95. The first-order valence-corrected chi connectivity index (χ1v) is 11.3. The molecule has 0 aliphatic carbocycles. The monoisotopic (exact) mass is 453 g/mol. The lowest BCUT2D eigenvalue weighted by Gasteiger charge is -2.38. The number of pyridine rings is 1. The van der Waals surface area contributed by atoms with E-state index in [1.165, 1.54) is 4.57 Å². The average Bonchev–Trinajstić information content (AvgIpc) is 3.12. The minimum absolute atomic E-state index is 0.107. The Morgan fingerprint density at radius 1 is 1.30 bits per heavy atom. The van der Waals surface area contributed by atoms with Crippen LogP contribution in [0.2, 0.25) is 0 Å². The summed E-state index contributed by atoms with van der Waals surface area (Å²) in [6, 6.07) is 4.19. The molecule has 1 aliphatic rings. The number of likely N-dealkylation sites (tertiary alicyclic amines) is 1. The lowest BCUT2D eigenvalue weighted by molar-refractivity contribution is 0.00719.